The average molecular weight is 364 g/mol. The molecule has 2 heterocycles. The summed E-state index contributed by atoms with van der Waals surface area (Å²) in [5, 5.41) is 7.14. The summed E-state index contributed by atoms with van der Waals surface area (Å²) in [6.45, 7) is 3.50. The van der Waals surface area contributed by atoms with Crippen LogP contribution < -0.4 is 10.2 Å². The van der Waals surface area contributed by atoms with Crippen molar-refractivity contribution in [1.29, 1.82) is 0 Å². The summed E-state index contributed by atoms with van der Waals surface area (Å²) < 4.78 is 1.69. The first-order chi connectivity index (χ1) is 12.7. The molecule has 1 amide bonds. The van der Waals surface area contributed by atoms with Gasteiger partial charge in [0.15, 0.2) is 0 Å². The topological polar surface area (TPSA) is 50.2 Å². The Morgan fingerprint density at radius 1 is 1.08 bits per heavy atom. The molecule has 26 heavy (non-hydrogen) atoms. The number of hydrogen-bond acceptors (Lipinski definition) is 4. The van der Waals surface area contributed by atoms with Gasteiger partial charge >= 0.3 is 0 Å². The van der Waals surface area contributed by atoms with Crippen LogP contribution in [0.5, 0.6) is 0 Å². The van der Waals surface area contributed by atoms with Crippen LogP contribution >= 0.6 is 11.8 Å². The van der Waals surface area contributed by atoms with Gasteiger partial charge in [0, 0.05) is 28.1 Å². The lowest BCUT2D eigenvalue weighted by Gasteiger charge is -2.32. The molecule has 0 radical (unpaired) electrons. The molecule has 0 atom stereocenters. The van der Waals surface area contributed by atoms with Gasteiger partial charge in [0.1, 0.15) is 6.54 Å². The Hall–Kier alpha value is -2.73. The molecule has 0 unspecified atom stereocenters. The first kappa shape index (κ1) is 16.7. The molecule has 0 bridgehead atoms. The molecule has 3 aromatic rings. The number of hydrogen-bond donors (Lipinski definition) is 1. The van der Waals surface area contributed by atoms with Crippen molar-refractivity contribution in [1.82, 2.24) is 15.1 Å². The highest BCUT2D eigenvalue weighted by Crippen LogP contribution is 2.48. The number of nitrogens with zero attached hydrogens (tertiary/aromatic N) is 3. The second-order valence-corrected chi connectivity index (χ2v) is 7.21. The molecule has 6 heteroatoms. The Morgan fingerprint density at radius 3 is 2.38 bits per heavy atom. The Labute approximate surface area is 157 Å². The molecule has 2 aromatic carbocycles. The summed E-state index contributed by atoms with van der Waals surface area (Å²) >= 11 is 1.80. The molecule has 0 spiro atoms. The summed E-state index contributed by atoms with van der Waals surface area (Å²) in [5.41, 5.74) is 3.48. The molecular formula is C20H20N4OS. The van der Waals surface area contributed by atoms with E-state index in [1.165, 1.54) is 21.2 Å². The van der Waals surface area contributed by atoms with E-state index in [4.69, 9.17) is 0 Å². The second kappa shape index (κ2) is 7.25. The molecule has 0 saturated heterocycles. The molecule has 4 rings (SSSR count). The van der Waals surface area contributed by atoms with Crippen LogP contribution in [0.4, 0.5) is 11.4 Å². The maximum absolute atomic E-state index is 11.8. The summed E-state index contributed by atoms with van der Waals surface area (Å²) in [6, 6.07) is 16.9. The van der Waals surface area contributed by atoms with E-state index in [0.717, 1.165) is 5.56 Å². The van der Waals surface area contributed by atoms with Crippen molar-refractivity contribution in [2.24, 2.45) is 0 Å². The summed E-state index contributed by atoms with van der Waals surface area (Å²) in [5.74, 6) is -0.0211. The summed E-state index contributed by atoms with van der Waals surface area (Å²) in [4.78, 5) is 16.6. The number of likely N-dealkylation sites (N-methyl/N-ethyl adjacent to an activating group) is 1. The Balaban J connectivity index is 1.61. The van der Waals surface area contributed by atoms with Crippen molar-refractivity contribution >= 4 is 29.0 Å². The fourth-order valence-electron chi connectivity index (χ4n) is 3.11. The van der Waals surface area contributed by atoms with Crippen molar-refractivity contribution < 1.29 is 4.79 Å². The van der Waals surface area contributed by atoms with E-state index in [0.29, 0.717) is 13.1 Å². The number of fused-ring (bicyclic) bond motifs is 2. The van der Waals surface area contributed by atoms with Crippen molar-refractivity contribution in [2.75, 3.05) is 11.4 Å². The van der Waals surface area contributed by atoms with Crippen LogP contribution in [-0.4, -0.2) is 22.2 Å². The minimum atomic E-state index is -0.0211. The average Bonchev–Trinajstić information content (AvgIpc) is 3.08. The first-order valence-corrected chi connectivity index (χ1v) is 9.47. The van der Waals surface area contributed by atoms with Crippen LogP contribution in [0.15, 0.2) is 70.7 Å². The van der Waals surface area contributed by atoms with Crippen molar-refractivity contribution in [3.05, 3.63) is 66.5 Å². The van der Waals surface area contributed by atoms with Crippen LogP contribution in [0.3, 0.4) is 0 Å². The van der Waals surface area contributed by atoms with Crippen LogP contribution in [0.1, 0.15) is 12.5 Å². The van der Waals surface area contributed by atoms with Crippen LogP contribution in [-0.2, 0) is 17.9 Å². The third kappa shape index (κ3) is 3.32. The number of nitrogens with one attached hydrogen (secondary N) is 1. The fraction of sp³-hybridized carbons (Fsp3) is 0.200. The van der Waals surface area contributed by atoms with E-state index in [1.807, 2.05) is 19.3 Å². The molecule has 1 aromatic heterocycles. The van der Waals surface area contributed by atoms with Gasteiger partial charge in [-0.1, -0.05) is 36.0 Å². The fourth-order valence-corrected chi connectivity index (χ4v) is 4.20. The minimum Gasteiger partial charge on any atom is -0.355 e. The maximum Gasteiger partial charge on any atom is 0.241 e. The van der Waals surface area contributed by atoms with E-state index in [9.17, 15) is 4.79 Å². The molecule has 132 valence electrons. The maximum atomic E-state index is 11.8. The lowest BCUT2D eigenvalue weighted by molar-refractivity contribution is -0.121. The number of anilines is 2. The first-order valence-electron chi connectivity index (χ1n) is 8.66. The highest BCUT2D eigenvalue weighted by atomic mass is 32.2. The predicted octanol–water partition coefficient (Wildman–Crippen LogP) is 3.82. The third-order valence-electron chi connectivity index (χ3n) is 4.24. The molecule has 0 aliphatic carbocycles. The van der Waals surface area contributed by atoms with Crippen LogP contribution in [0, 0.1) is 0 Å². The zero-order valence-electron chi connectivity index (χ0n) is 14.6. The summed E-state index contributed by atoms with van der Waals surface area (Å²) in [6.07, 6.45) is 3.79. The highest BCUT2D eigenvalue weighted by Gasteiger charge is 2.23. The third-order valence-corrected chi connectivity index (χ3v) is 5.37. The number of aromatic nitrogens is 2. The molecule has 1 N–H and O–H groups in total. The quantitative estimate of drug-likeness (QED) is 0.748. The largest absolute Gasteiger partial charge is 0.355 e. The van der Waals surface area contributed by atoms with Gasteiger partial charge in [0.25, 0.3) is 0 Å². The number of carbonyl (C=O) groups is 1. The van der Waals surface area contributed by atoms with Gasteiger partial charge in [-0.3, -0.25) is 9.48 Å². The number of rotatable bonds is 5. The van der Waals surface area contributed by atoms with Crippen molar-refractivity contribution in [2.45, 2.75) is 29.8 Å². The zero-order chi connectivity index (χ0) is 17.9. The lowest BCUT2D eigenvalue weighted by atomic mass is 10.2. The van der Waals surface area contributed by atoms with Gasteiger partial charge in [0.05, 0.1) is 24.1 Å². The van der Waals surface area contributed by atoms with Gasteiger partial charge in [-0.25, -0.2) is 0 Å². The lowest BCUT2D eigenvalue weighted by Crippen LogP contribution is -2.27. The van der Waals surface area contributed by atoms with Gasteiger partial charge in [-0.15, -0.1) is 0 Å². The monoisotopic (exact) mass is 364 g/mol. The van der Waals surface area contributed by atoms with E-state index in [-0.39, 0.29) is 12.5 Å². The molecular weight excluding hydrogens is 344 g/mol. The SMILES string of the molecule is CCNC(=O)Cn1cc(CN2c3ccccc3Sc3ccccc32)cn1. The molecule has 1 aliphatic rings. The van der Waals surface area contributed by atoms with Crippen molar-refractivity contribution in [3.63, 3.8) is 0 Å². The van der Waals surface area contributed by atoms with Gasteiger partial charge in [-0.2, -0.15) is 5.10 Å². The number of carbonyl (C=O) groups excluding carboxylic acids is 1. The summed E-state index contributed by atoms with van der Waals surface area (Å²) in [7, 11) is 0. The van der Waals surface area contributed by atoms with Crippen molar-refractivity contribution in [3.8, 4) is 0 Å². The minimum absolute atomic E-state index is 0.0211. The second-order valence-electron chi connectivity index (χ2n) is 6.12. The zero-order valence-corrected chi connectivity index (χ0v) is 15.4. The number of amides is 1. The number of para-hydroxylation sites is 2. The molecule has 5 nitrogen and oxygen atoms in total. The van der Waals surface area contributed by atoms with Gasteiger partial charge < -0.3 is 10.2 Å². The molecule has 0 saturated carbocycles. The van der Waals surface area contributed by atoms with Gasteiger partial charge in [-0.05, 0) is 31.2 Å². The predicted molar refractivity (Wildman–Crippen MR) is 104 cm³/mol. The Kier molecular flexibility index (Phi) is 4.67. The highest BCUT2D eigenvalue weighted by molar-refractivity contribution is 7.99. The smallest absolute Gasteiger partial charge is 0.241 e. The Bertz CT molecular complexity index is 891. The van der Waals surface area contributed by atoms with Crippen LogP contribution in [0.25, 0.3) is 0 Å². The standard InChI is InChI=1S/C20H20N4OS/c1-2-21-20(25)14-23-12-15(11-22-23)13-24-16-7-3-5-9-18(16)26-19-10-6-4-8-17(19)24/h3-12H,2,13-14H2,1H3,(H,21,25). The van der Waals surface area contributed by atoms with Crippen LogP contribution in [0.2, 0.25) is 0 Å². The van der Waals surface area contributed by atoms with E-state index in [2.05, 4.69) is 63.8 Å². The molecule has 1 aliphatic heterocycles. The van der Waals surface area contributed by atoms with Gasteiger partial charge in [0.2, 0.25) is 5.91 Å². The number of benzene rings is 2. The molecule has 0 fully saturated rings. The Morgan fingerprint density at radius 2 is 1.73 bits per heavy atom. The normalized spacial score (nSPS) is 12.4. The van der Waals surface area contributed by atoms with E-state index < -0.39 is 0 Å². The van der Waals surface area contributed by atoms with E-state index in [1.54, 1.807) is 16.4 Å². The van der Waals surface area contributed by atoms with E-state index >= 15 is 0 Å².